The lowest BCUT2D eigenvalue weighted by Crippen LogP contribution is -2.54. The molecule has 0 bridgehead atoms. The van der Waals surface area contributed by atoms with Gasteiger partial charge in [0.2, 0.25) is 0 Å². The summed E-state index contributed by atoms with van der Waals surface area (Å²) in [5, 5.41) is 0. The summed E-state index contributed by atoms with van der Waals surface area (Å²) in [5.41, 5.74) is 3.53. The Labute approximate surface area is 241 Å². The molecule has 5 rings (SSSR count). The van der Waals surface area contributed by atoms with Gasteiger partial charge in [-0.05, 0) is 85.7 Å². The van der Waals surface area contributed by atoms with Crippen LogP contribution in [0.25, 0.3) is 0 Å². The Kier molecular flexibility index (Phi) is 7.72. The van der Waals surface area contributed by atoms with Gasteiger partial charge in [-0.3, -0.25) is 9.59 Å². The van der Waals surface area contributed by atoms with Crippen LogP contribution in [-0.4, -0.2) is 23.6 Å². The topological polar surface area (TPSA) is 60.4 Å². The summed E-state index contributed by atoms with van der Waals surface area (Å²) in [4.78, 5) is 39.1. The van der Waals surface area contributed by atoms with Crippen LogP contribution in [-0.2, 0) is 14.3 Å². The third-order valence-electron chi connectivity index (χ3n) is 12.1. The third-order valence-corrected chi connectivity index (χ3v) is 12.1. The Morgan fingerprint density at radius 2 is 1.68 bits per heavy atom. The van der Waals surface area contributed by atoms with Crippen molar-refractivity contribution in [3.8, 4) is 0 Å². The van der Waals surface area contributed by atoms with Gasteiger partial charge in [-0.15, -0.1) is 0 Å². The fraction of sp³-hybridized carbons (Fsp3) is 0.694. The van der Waals surface area contributed by atoms with E-state index in [1.807, 2.05) is 44.2 Å². The van der Waals surface area contributed by atoms with E-state index in [0.29, 0.717) is 47.7 Å². The van der Waals surface area contributed by atoms with Gasteiger partial charge in [0.1, 0.15) is 17.7 Å². The number of hydrogen-bond acceptors (Lipinski definition) is 4. The Morgan fingerprint density at radius 3 is 2.35 bits per heavy atom. The predicted octanol–water partition coefficient (Wildman–Crippen LogP) is 8.39. The predicted molar refractivity (Wildman–Crippen MR) is 159 cm³/mol. The summed E-state index contributed by atoms with van der Waals surface area (Å²) in [5.74, 6) is 1.83. The van der Waals surface area contributed by atoms with E-state index in [9.17, 15) is 14.4 Å². The monoisotopic (exact) mass is 546 g/mol. The molecule has 2 saturated carbocycles. The average Bonchev–Trinajstić information content (AvgIpc) is 3.19. The Bertz CT molecular complexity index is 1190. The number of hydrogen-bond donors (Lipinski definition) is 0. The zero-order valence-electron chi connectivity index (χ0n) is 25.8. The van der Waals surface area contributed by atoms with Crippen molar-refractivity contribution < 1.29 is 19.1 Å². The molecule has 0 aromatic heterocycles. The van der Waals surface area contributed by atoms with Crippen LogP contribution in [0.2, 0.25) is 0 Å². The lowest BCUT2D eigenvalue weighted by Gasteiger charge is -2.60. The number of carbonyl (C=O) groups excluding carboxylic acids is 3. The van der Waals surface area contributed by atoms with Crippen LogP contribution in [0, 0.1) is 45.8 Å². The molecule has 218 valence electrons. The molecule has 1 aromatic rings. The highest BCUT2D eigenvalue weighted by molar-refractivity contribution is 5.89. The number of allylic oxidation sites excluding steroid dienone is 2. The molecule has 0 N–H and O–H groups in total. The molecular weight excluding hydrogens is 496 g/mol. The Hall–Kier alpha value is -2.23. The summed E-state index contributed by atoms with van der Waals surface area (Å²) in [7, 11) is 0. The van der Waals surface area contributed by atoms with Gasteiger partial charge in [0.25, 0.3) is 0 Å². The Morgan fingerprint density at radius 1 is 0.975 bits per heavy atom. The molecule has 4 aliphatic rings. The van der Waals surface area contributed by atoms with Gasteiger partial charge in [0.05, 0.1) is 5.56 Å². The van der Waals surface area contributed by atoms with Gasteiger partial charge in [0, 0.05) is 30.1 Å². The zero-order chi connectivity index (χ0) is 29.0. The number of Topliss-reactive ketones (excluding diaryl/α,β-unsaturated/α-hetero) is 2. The van der Waals surface area contributed by atoms with Crippen LogP contribution in [0.1, 0.15) is 117 Å². The molecule has 4 aliphatic carbocycles. The van der Waals surface area contributed by atoms with Gasteiger partial charge in [-0.2, -0.15) is 0 Å². The highest BCUT2D eigenvalue weighted by Gasteiger charge is 2.61. The van der Waals surface area contributed by atoms with Gasteiger partial charge >= 0.3 is 5.97 Å². The first-order valence-corrected chi connectivity index (χ1v) is 15.8. The van der Waals surface area contributed by atoms with E-state index in [0.717, 1.165) is 44.9 Å². The molecule has 2 fully saturated rings. The van der Waals surface area contributed by atoms with E-state index >= 15 is 0 Å². The van der Waals surface area contributed by atoms with Gasteiger partial charge in [0.15, 0.2) is 0 Å². The van der Waals surface area contributed by atoms with Crippen molar-refractivity contribution in [3.05, 3.63) is 47.0 Å². The van der Waals surface area contributed by atoms with Crippen molar-refractivity contribution in [2.24, 2.45) is 45.8 Å². The minimum absolute atomic E-state index is 0.00264. The molecule has 0 aliphatic heterocycles. The lowest BCUT2D eigenvalue weighted by atomic mass is 9.45. The standard InChI is InChI=1S/C36H50O4/c1-22(2)28(37)15-13-23(3)27-21-29(38)32-25-14-16-30-34(4,5)31(40-33(39)24-11-9-8-10-12-24)18-20-35(30,6)26(25)17-19-36(27,32)7/h8-12,22-23,27,30-32H,13-21H2,1-7H3/t23-,27-,30+,31+,32+,35-,36-/m1/s1. The first-order valence-electron chi connectivity index (χ1n) is 15.8. The first kappa shape index (κ1) is 29.3. The highest BCUT2D eigenvalue weighted by Crippen LogP contribution is 2.67. The molecule has 0 spiro atoms. The van der Waals surface area contributed by atoms with Crippen LogP contribution in [0.15, 0.2) is 41.5 Å². The number of fused-ring (bicyclic) bond motifs is 4. The normalized spacial score (nSPS) is 35.5. The van der Waals surface area contributed by atoms with E-state index in [4.69, 9.17) is 4.74 Å². The number of carbonyl (C=O) groups is 3. The molecular formula is C36H50O4. The second-order valence-corrected chi connectivity index (χ2v) is 15.0. The van der Waals surface area contributed by atoms with Crippen molar-refractivity contribution >= 4 is 17.5 Å². The molecule has 0 amide bonds. The number of esters is 1. The SMILES string of the molecule is CC(C)C(=O)CC[C@@H](C)[C@H]1CC(=O)[C@@H]2C3=C(CC[C@@]21C)[C@@]1(C)CC[C@H](OC(=O)c2ccccc2)C(C)(C)[C@@H]1CC3. The second-order valence-electron chi connectivity index (χ2n) is 15.0. The minimum atomic E-state index is -0.224. The highest BCUT2D eigenvalue weighted by atomic mass is 16.5. The fourth-order valence-electron chi connectivity index (χ4n) is 9.82. The largest absolute Gasteiger partial charge is 0.458 e. The number of ether oxygens (including phenoxy) is 1. The average molecular weight is 547 g/mol. The number of benzene rings is 1. The number of ketones is 2. The molecule has 7 atom stereocenters. The fourth-order valence-corrected chi connectivity index (χ4v) is 9.82. The molecule has 0 saturated heterocycles. The smallest absolute Gasteiger partial charge is 0.338 e. The maximum Gasteiger partial charge on any atom is 0.338 e. The van der Waals surface area contributed by atoms with Gasteiger partial charge < -0.3 is 4.74 Å². The molecule has 0 heterocycles. The minimum Gasteiger partial charge on any atom is -0.458 e. The summed E-state index contributed by atoms with van der Waals surface area (Å²) in [6, 6.07) is 9.34. The summed E-state index contributed by atoms with van der Waals surface area (Å²) < 4.78 is 6.19. The molecule has 0 unspecified atom stereocenters. The van der Waals surface area contributed by atoms with E-state index in [-0.39, 0.29) is 40.2 Å². The van der Waals surface area contributed by atoms with E-state index in [1.54, 1.807) is 5.57 Å². The van der Waals surface area contributed by atoms with Crippen molar-refractivity contribution in [2.75, 3.05) is 0 Å². The van der Waals surface area contributed by atoms with Crippen molar-refractivity contribution in [1.29, 1.82) is 0 Å². The molecule has 0 radical (unpaired) electrons. The van der Waals surface area contributed by atoms with Crippen LogP contribution >= 0.6 is 0 Å². The molecule has 4 heteroatoms. The first-order chi connectivity index (χ1) is 18.8. The maximum absolute atomic E-state index is 13.8. The Balaban J connectivity index is 1.37. The zero-order valence-corrected chi connectivity index (χ0v) is 25.8. The van der Waals surface area contributed by atoms with Crippen molar-refractivity contribution in [2.45, 2.75) is 112 Å². The van der Waals surface area contributed by atoms with Crippen LogP contribution in [0.3, 0.4) is 0 Å². The maximum atomic E-state index is 13.8. The molecule has 40 heavy (non-hydrogen) atoms. The van der Waals surface area contributed by atoms with Gasteiger partial charge in [-0.25, -0.2) is 4.79 Å². The molecule has 4 nitrogen and oxygen atoms in total. The summed E-state index contributed by atoms with van der Waals surface area (Å²) in [6.45, 7) is 15.7. The summed E-state index contributed by atoms with van der Waals surface area (Å²) in [6.07, 6.45) is 8.09. The van der Waals surface area contributed by atoms with Gasteiger partial charge in [-0.1, -0.05) is 77.8 Å². The van der Waals surface area contributed by atoms with Crippen LogP contribution < -0.4 is 0 Å². The summed E-state index contributed by atoms with van der Waals surface area (Å²) >= 11 is 0. The van der Waals surface area contributed by atoms with Crippen molar-refractivity contribution in [3.63, 3.8) is 0 Å². The second kappa shape index (κ2) is 10.6. The van der Waals surface area contributed by atoms with Crippen LogP contribution in [0.4, 0.5) is 0 Å². The lowest BCUT2D eigenvalue weighted by molar-refractivity contribution is -0.123. The van der Waals surface area contributed by atoms with Crippen molar-refractivity contribution in [1.82, 2.24) is 0 Å². The number of rotatable bonds is 7. The van der Waals surface area contributed by atoms with E-state index in [1.165, 1.54) is 5.57 Å². The third kappa shape index (κ3) is 4.71. The quantitative estimate of drug-likeness (QED) is 0.254. The molecule has 1 aromatic carbocycles. The van der Waals surface area contributed by atoms with E-state index in [2.05, 4.69) is 34.6 Å². The van der Waals surface area contributed by atoms with E-state index < -0.39 is 0 Å². The van der Waals surface area contributed by atoms with Crippen LogP contribution in [0.5, 0.6) is 0 Å².